The predicted octanol–water partition coefficient (Wildman–Crippen LogP) is 3.17. The second kappa shape index (κ2) is 6.30. The minimum Gasteiger partial charge on any atom is -0.460 e. The molecule has 1 aromatic heterocycles. The molecule has 0 amide bonds. The van der Waals surface area contributed by atoms with E-state index in [4.69, 9.17) is 4.74 Å². The van der Waals surface area contributed by atoms with E-state index >= 15 is 0 Å². The first-order valence-corrected chi connectivity index (χ1v) is 7.39. The van der Waals surface area contributed by atoms with Crippen molar-refractivity contribution in [1.29, 1.82) is 0 Å². The fourth-order valence-electron chi connectivity index (χ4n) is 2.68. The molecule has 0 spiro atoms. The summed E-state index contributed by atoms with van der Waals surface area (Å²) in [6.45, 7) is 8.17. The van der Waals surface area contributed by atoms with E-state index < -0.39 is 5.41 Å². The lowest BCUT2D eigenvalue weighted by atomic mass is 9.80. The summed E-state index contributed by atoms with van der Waals surface area (Å²) in [5.41, 5.74) is 0.0675. The average molecular weight is 301 g/mol. The maximum absolute atomic E-state index is 12.4. The Labute approximate surface area is 131 Å². The summed E-state index contributed by atoms with van der Waals surface area (Å²) in [7, 11) is 0. The number of ether oxygens (including phenoxy) is 1. The van der Waals surface area contributed by atoms with Gasteiger partial charge in [0.05, 0.1) is 17.2 Å². The zero-order valence-corrected chi connectivity index (χ0v) is 13.6. The predicted molar refractivity (Wildman–Crippen MR) is 84.0 cm³/mol. The fourth-order valence-corrected chi connectivity index (χ4v) is 2.68. The van der Waals surface area contributed by atoms with E-state index in [9.17, 15) is 4.79 Å². The summed E-state index contributed by atoms with van der Waals surface area (Å²) in [5, 5.41) is 7.88. The summed E-state index contributed by atoms with van der Waals surface area (Å²) in [6, 6.07) is 9.69. The molecule has 5 nitrogen and oxygen atoms in total. The zero-order chi connectivity index (χ0) is 16.2. The van der Waals surface area contributed by atoms with Crippen LogP contribution in [-0.4, -0.2) is 21.0 Å². The van der Waals surface area contributed by atoms with Crippen molar-refractivity contribution in [2.75, 3.05) is 0 Å². The minimum absolute atomic E-state index is 0.204. The highest BCUT2D eigenvalue weighted by molar-refractivity contribution is 5.76. The van der Waals surface area contributed by atoms with Gasteiger partial charge in [-0.25, -0.2) is 4.68 Å². The fraction of sp³-hybridized carbons (Fsp3) is 0.471. The van der Waals surface area contributed by atoms with Gasteiger partial charge in [-0.05, 0) is 39.7 Å². The standard InChI is InChI=1S/C17H23N3O2/c1-16(2,13-17(3,4)20-11-10-18-19-20)15(21)22-12-14-8-6-5-7-9-14/h5-11H,12-13H2,1-4H3. The number of aromatic nitrogens is 3. The highest BCUT2D eigenvalue weighted by atomic mass is 16.5. The number of rotatable bonds is 6. The molecule has 0 radical (unpaired) electrons. The van der Waals surface area contributed by atoms with Gasteiger partial charge < -0.3 is 4.74 Å². The third-order valence-electron chi connectivity index (χ3n) is 3.68. The van der Waals surface area contributed by atoms with Crippen molar-refractivity contribution >= 4 is 5.97 Å². The molecule has 1 heterocycles. The van der Waals surface area contributed by atoms with E-state index in [0.29, 0.717) is 13.0 Å². The molecule has 2 rings (SSSR count). The summed E-state index contributed by atoms with van der Waals surface area (Å²) in [6.07, 6.45) is 4.06. The van der Waals surface area contributed by atoms with E-state index in [0.717, 1.165) is 5.56 Å². The molecule has 2 aromatic rings. The van der Waals surface area contributed by atoms with E-state index in [1.165, 1.54) is 0 Å². The molecule has 0 aliphatic carbocycles. The monoisotopic (exact) mass is 301 g/mol. The van der Waals surface area contributed by atoms with Gasteiger partial charge in [-0.15, -0.1) is 5.10 Å². The van der Waals surface area contributed by atoms with Crippen LogP contribution in [-0.2, 0) is 21.7 Å². The minimum atomic E-state index is -0.607. The molecular formula is C17H23N3O2. The molecule has 0 unspecified atom stereocenters. The van der Waals surface area contributed by atoms with Crippen LogP contribution in [0.3, 0.4) is 0 Å². The average Bonchev–Trinajstić information content (AvgIpc) is 3.00. The number of esters is 1. The number of nitrogens with zero attached hydrogens (tertiary/aromatic N) is 3. The molecule has 1 aromatic carbocycles. The second-order valence-electron chi connectivity index (χ2n) is 6.78. The van der Waals surface area contributed by atoms with Gasteiger partial charge in [-0.1, -0.05) is 35.5 Å². The van der Waals surface area contributed by atoms with Gasteiger partial charge >= 0.3 is 5.97 Å². The van der Waals surface area contributed by atoms with Crippen LogP contribution in [0.15, 0.2) is 42.7 Å². The van der Waals surface area contributed by atoms with Gasteiger partial charge in [0.2, 0.25) is 0 Å². The van der Waals surface area contributed by atoms with E-state index in [1.54, 1.807) is 10.9 Å². The summed E-state index contributed by atoms with van der Waals surface area (Å²) in [5.74, 6) is -0.204. The van der Waals surface area contributed by atoms with Gasteiger partial charge in [0.15, 0.2) is 0 Å². The number of hydrogen-bond acceptors (Lipinski definition) is 4. The van der Waals surface area contributed by atoms with E-state index in [2.05, 4.69) is 10.3 Å². The Bertz CT molecular complexity index is 604. The zero-order valence-electron chi connectivity index (χ0n) is 13.6. The Morgan fingerprint density at radius 2 is 1.86 bits per heavy atom. The Morgan fingerprint density at radius 1 is 1.18 bits per heavy atom. The van der Waals surface area contributed by atoms with Crippen molar-refractivity contribution in [2.45, 2.75) is 46.3 Å². The van der Waals surface area contributed by atoms with Crippen LogP contribution in [0.25, 0.3) is 0 Å². The Kier molecular flexibility index (Phi) is 4.64. The highest BCUT2D eigenvalue weighted by Crippen LogP contribution is 2.33. The van der Waals surface area contributed by atoms with Crippen LogP contribution in [0.4, 0.5) is 0 Å². The van der Waals surface area contributed by atoms with Crippen LogP contribution in [0, 0.1) is 5.41 Å². The first-order chi connectivity index (χ1) is 10.3. The molecule has 22 heavy (non-hydrogen) atoms. The summed E-state index contributed by atoms with van der Waals surface area (Å²) < 4.78 is 7.25. The SMILES string of the molecule is CC(C)(CC(C)(C)n1ccnn1)C(=O)OCc1ccccc1. The van der Waals surface area contributed by atoms with E-state index in [1.807, 2.05) is 64.2 Å². The normalized spacial score (nSPS) is 12.2. The molecule has 0 atom stereocenters. The van der Waals surface area contributed by atoms with Crippen molar-refractivity contribution in [1.82, 2.24) is 15.0 Å². The van der Waals surface area contributed by atoms with Gasteiger partial charge in [0, 0.05) is 6.20 Å². The number of hydrogen-bond donors (Lipinski definition) is 0. The third-order valence-corrected chi connectivity index (χ3v) is 3.68. The summed E-state index contributed by atoms with van der Waals surface area (Å²) in [4.78, 5) is 12.4. The van der Waals surface area contributed by atoms with Gasteiger partial charge in [-0.3, -0.25) is 4.79 Å². The lowest BCUT2D eigenvalue weighted by molar-refractivity contribution is -0.157. The van der Waals surface area contributed by atoms with Crippen molar-refractivity contribution in [3.8, 4) is 0 Å². The first kappa shape index (κ1) is 16.2. The largest absolute Gasteiger partial charge is 0.460 e. The maximum Gasteiger partial charge on any atom is 0.311 e. The van der Waals surface area contributed by atoms with Crippen molar-refractivity contribution < 1.29 is 9.53 Å². The quantitative estimate of drug-likeness (QED) is 0.769. The maximum atomic E-state index is 12.4. The Hall–Kier alpha value is -2.17. The van der Waals surface area contributed by atoms with Gasteiger partial charge in [-0.2, -0.15) is 0 Å². The van der Waals surface area contributed by atoms with Gasteiger partial charge in [0.25, 0.3) is 0 Å². The first-order valence-electron chi connectivity index (χ1n) is 7.39. The number of carbonyl (C=O) groups excluding carboxylic acids is 1. The molecule has 0 bridgehead atoms. The van der Waals surface area contributed by atoms with Crippen LogP contribution < -0.4 is 0 Å². The van der Waals surface area contributed by atoms with Crippen molar-refractivity contribution in [2.24, 2.45) is 5.41 Å². The number of benzene rings is 1. The lowest BCUT2D eigenvalue weighted by Crippen LogP contribution is -2.38. The van der Waals surface area contributed by atoms with Crippen molar-refractivity contribution in [3.05, 3.63) is 48.3 Å². The topological polar surface area (TPSA) is 57.0 Å². The van der Waals surface area contributed by atoms with Crippen LogP contribution in [0.5, 0.6) is 0 Å². The second-order valence-corrected chi connectivity index (χ2v) is 6.78. The molecule has 0 aliphatic heterocycles. The molecule has 0 fully saturated rings. The molecule has 0 saturated carbocycles. The number of carbonyl (C=O) groups is 1. The smallest absolute Gasteiger partial charge is 0.311 e. The Morgan fingerprint density at radius 3 is 2.45 bits per heavy atom. The molecule has 0 aliphatic rings. The van der Waals surface area contributed by atoms with E-state index in [-0.39, 0.29) is 11.5 Å². The van der Waals surface area contributed by atoms with Crippen molar-refractivity contribution in [3.63, 3.8) is 0 Å². The van der Waals surface area contributed by atoms with Crippen LogP contribution in [0.2, 0.25) is 0 Å². The van der Waals surface area contributed by atoms with Crippen LogP contribution >= 0.6 is 0 Å². The molecule has 5 heteroatoms. The van der Waals surface area contributed by atoms with Crippen LogP contribution in [0.1, 0.15) is 39.7 Å². The molecule has 118 valence electrons. The summed E-state index contributed by atoms with van der Waals surface area (Å²) >= 11 is 0. The molecule has 0 N–H and O–H groups in total. The van der Waals surface area contributed by atoms with Gasteiger partial charge in [0.1, 0.15) is 6.61 Å². The lowest BCUT2D eigenvalue weighted by Gasteiger charge is -2.33. The highest BCUT2D eigenvalue weighted by Gasteiger charge is 2.37. The Balaban J connectivity index is 1.98. The molecular weight excluding hydrogens is 278 g/mol. The third kappa shape index (κ3) is 3.93. The molecule has 0 saturated heterocycles.